The molecule has 0 bridgehead atoms. The molecule has 1 N–H and O–H groups in total. The zero-order chi connectivity index (χ0) is 16.4. The first kappa shape index (κ1) is 15.7. The number of aromatic nitrogens is 3. The Labute approximate surface area is 137 Å². The molecule has 2 aromatic heterocycles. The van der Waals surface area contributed by atoms with Crippen LogP contribution in [0.2, 0.25) is 0 Å². The summed E-state index contributed by atoms with van der Waals surface area (Å²) in [4.78, 5) is 7.05. The lowest BCUT2D eigenvalue weighted by atomic mass is 10.1. The van der Waals surface area contributed by atoms with E-state index in [2.05, 4.69) is 61.5 Å². The Morgan fingerprint density at radius 1 is 1.22 bits per heavy atom. The van der Waals surface area contributed by atoms with Crippen molar-refractivity contribution in [2.75, 3.05) is 32.5 Å². The number of nitrogens with one attached hydrogen (secondary N) is 1. The third-order valence-electron chi connectivity index (χ3n) is 4.13. The van der Waals surface area contributed by atoms with Crippen LogP contribution in [-0.4, -0.2) is 46.8 Å². The summed E-state index contributed by atoms with van der Waals surface area (Å²) in [6.07, 6.45) is 1.10. The summed E-state index contributed by atoms with van der Waals surface area (Å²) in [5.41, 5.74) is 4.19. The smallest absolute Gasteiger partial charge is 0.160 e. The Morgan fingerprint density at radius 2 is 2.00 bits per heavy atom. The highest BCUT2D eigenvalue weighted by molar-refractivity contribution is 6.07. The first-order chi connectivity index (χ1) is 11.1. The molecule has 23 heavy (non-hydrogen) atoms. The van der Waals surface area contributed by atoms with E-state index in [-0.39, 0.29) is 0 Å². The van der Waals surface area contributed by atoms with Gasteiger partial charge in [-0.2, -0.15) is 5.10 Å². The van der Waals surface area contributed by atoms with Gasteiger partial charge in [0.25, 0.3) is 0 Å². The van der Waals surface area contributed by atoms with E-state index in [4.69, 9.17) is 4.98 Å². The van der Waals surface area contributed by atoms with Gasteiger partial charge in [-0.1, -0.05) is 18.2 Å². The highest BCUT2D eigenvalue weighted by Crippen LogP contribution is 2.32. The molecular formula is C18H25N5. The van der Waals surface area contributed by atoms with Crippen LogP contribution in [0.1, 0.15) is 19.0 Å². The second-order valence-electron chi connectivity index (χ2n) is 6.19. The van der Waals surface area contributed by atoms with Crippen molar-refractivity contribution in [2.24, 2.45) is 0 Å². The molecule has 0 aliphatic heterocycles. The van der Waals surface area contributed by atoms with Gasteiger partial charge in [0.1, 0.15) is 0 Å². The van der Waals surface area contributed by atoms with Crippen LogP contribution in [0.15, 0.2) is 24.3 Å². The van der Waals surface area contributed by atoms with Crippen molar-refractivity contribution < 1.29 is 0 Å². The molecule has 5 heteroatoms. The number of fused-ring (bicyclic) bond motifs is 2. The molecule has 122 valence electrons. The number of hydrogen-bond acceptors (Lipinski definition) is 4. The molecule has 2 heterocycles. The summed E-state index contributed by atoms with van der Waals surface area (Å²) in [7, 11) is 4.21. The summed E-state index contributed by atoms with van der Waals surface area (Å²) in [6.45, 7) is 7.02. The highest BCUT2D eigenvalue weighted by Gasteiger charge is 2.15. The molecule has 3 aromatic rings. The number of benzene rings is 1. The third kappa shape index (κ3) is 3.01. The zero-order valence-corrected chi connectivity index (χ0v) is 14.4. The minimum absolute atomic E-state index is 0.829. The Hall–Kier alpha value is -2.14. The molecular weight excluding hydrogens is 286 g/mol. The van der Waals surface area contributed by atoms with E-state index < -0.39 is 0 Å². The topological polar surface area (TPSA) is 46.0 Å². The van der Waals surface area contributed by atoms with Gasteiger partial charge in [0.05, 0.1) is 22.3 Å². The van der Waals surface area contributed by atoms with Gasteiger partial charge in [-0.3, -0.25) is 0 Å². The van der Waals surface area contributed by atoms with E-state index in [1.165, 1.54) is 11.1 Å². The highest BCUT2D eigenvalue weighted by atomic mass is 15.3. The van der Waals surface area contributed by atoms with Crippen LogP contribution in [0.4, 0.5) is 5.69 Å². The van der Waals surface area contributed by atoms with E-state index in [0.29, 0.717) is 0 Å². The quantitative estimate of drug-likeness (QED) is 0.710. The van der Waals surface area contributed by atoms with Crippen molar-refractivity contribution in [3.05, 3.63) is 30.0 Å². The van der Waals surface area contributed by atoms with E-state index in [0.717, 1.165) is 48.3 Å². The maximum atomic E-state index is 4.84. The fourth-order valence-electron chi connectivity index (χ4n) is 3.02. The van der Waals surface area contributed by atoms with Crippen molar-refractivity contribution >= 4 is 27.6 Å². The van der Waals surface area contributed by atoms with E-state index in [9.17, 15) is 0 Å². The van der Waals surface area contributed by atoms with Gasteiger partial charge in [0.15, 0.2) is 5.65 Å². The number of pyridine rings is 1. The van der Waals surface area contributed by atoms with Crippen LogP contribution in [0.25, 0.3) is 21.9 Å². The maximum absolute atomic E-state index is 4.84. The van der Waals surface area contributed by atoms with Gasteiger partial charge in [-0.15, -0.1) is 0 Å². The average molecular weight is 311 g/mol. The Kier molecular flexibility index (Phi) is 4.48. The second kappa shape index (κ2) is 6.54. The molecule has 5 nitrogen and oxygen atoms in total. The molecule has 0 aliphatic carbocycles. The summed E-state index contributed by atoms with van der Waals surface area (Å²) in [5.74, 6) is 0. The first-order valence-corrected chi connectivity index (χ1v) is 8.26. The molecule has 0 atom stereocenters. The minimum atomic E-state index is 0.829. The summed E-state index contributed by atoms with van der Waals surface area (Å²) in [5, 5.41) is 10.6. The molecule has 0 amide bonds. The van der Waals surface area contributed by atoms with Crippen LogP contribution < -0.4 is 5.32 Å². The van der Waals surface area contributed by atoms with Crippen LogP contribution >= 0.6 is 0 Å². The predicted octanol–water partition coefficient (Wildman–Crippen LogP) is 3.28. The van der Waals surface area contributed by atoms with E-state index in [1.54, 1.807) is 0 Å². The fraction of sp³-hybridized carbons (Fsp3) is 0.444. The average Bonchev–Trinajstić information content (AvgIpc) is 2.86. The van der Waals surface area contributed by atoms with Crippen molar-refractivity contribution in [2.45, 2.75) is 26.8 Å². The lowest BCUT2D eigenvalue weighted by Crippen LogP contribution is -2.16. The van der Waals surface area contributed by atoms with Gasteiger partial charge in [0, 0.05) is 18.5 Å². The van der Waals surface area contributed by atoms with Gasteiger partial charge < -0.3 is 10.2 Å². The molecule has 0 saturated heterocycles. The van der Waals surface area contributed by atoms with Crippen molar-refractivity contribution in [1.29, 1.82) is 0 Å². The van der Waals surface area contributed by atoms with E-state index in [1.807, 2.05) is 10.7 Å². The summed E-state index contributed by atoms with van der Waals surface area (Å²) in [6, 6.07) is 8.32. The van der Waals surface area contributed by atoms with Gasteiger partial charge in [-0.05, 0) is 47.0 Å². The SMILES string of the molecule is CCn1nc(C)c2c(NCCCN(C)C)c3ccccc3nc21. The van der Waals surface area contributed by atoms with Crippen molar-refractivity contribution in [1.82, 2.24) is 19.7 Å². The number of hydrogen-bond donors (Lipinski definition) is 1. The zero-order valence-electron chi connectivity index (χ0n) is 14.4. The lowest BCUT2D eigenvalue weighted by molar-refractivity contribution is 0.405. The number of rotatable bonds is 6. The molecule has 0 fully saturated rings. The molecule has 0 unspecified atom stereocenters. The molecule has 0 aliphatic rings. The first-order valence-electron chi connectivity index (χ1n) is 8.26. The molecule has 0 radical (unpaired) electrons. The minimum Gasteiger partial charge on any atom is -0.384 e. The Morgan fingerprint density at radius 3 is 2.74 bits per heavy atom. The molecule has 3 rings (SSSR count). The van der Waals surface area contributed by atoms with Crippen LogP contribution in [0, 0.1) is 6.92 Å². The largest absolute Gasteiger partial charge is 0.384 e. The molecule has 1 aromatic carbocycles. The number of nitrogens with zero attached hydrogens (tertiary/aromatic N) is 4. The van der Waals surface area contributed by atoms with Crippen LogP contribution in [-0.2, 0) is 6.54 Å². The summed E-state index contributed by atoms with van der Waals surface area (Å²) < 4.78 is 1.99. The summed E-state index contributed by atoms with van der Waals surface area (Å²) >= 11 is 0. The predicted molar refractivity (Wildman–Crippen MR) is 97.1 cm³/mol. The van der Waals surface area contributed by atoms with Gasteiger partial charge >= 0.3 is 0 Å². The van der Waals surface area contributed by atoms with Crippen LogP contribution in [0.3, 0.4) is 0 Å². The monoisotopic (exact) mass is 311 g/mol. The standard InChI is InChI=1S/C18H25N5/c1-5-23-18-16(13(2)21-23)17(19-11-8-12-22(3)4)14-9-6-7-10-15(14)20-18/h6-7,9-10H,5,8,11-12H2,1-4H3,(H,19,20). The molecule has 0 spiro atoms. The number of aryl methyl sites for hydroxylation is 2. The van der Waals surface area contributed by atoms with Crippen LogP contribution in [0.5, 0.6) is 0 Å². The van der Waals surface area contributed by atoms with Gasteiger partial charge in [-0.25, -0.2) is 9.67 Å². The van der Waals surface area contributed by atoms with Gasteiger partial charge in [0.2, 0.25) is 0 Å². The van der Waals surface area contributed by atoms with Crippen molar-refractivity contribution in [3.63, 3.8) is 0 Å². The Balaban J connectivity index is 2.08. The normalized spacial score (nSPS) is 11.7. The fourth-order valence-corrected chi connectivity index (χ4v) is 3.02. The number of anilines is 1. The maximum Gasteiger partial charge on any atom is 0.160 e. The number of para-hydroxylation sites is 1. The van der Waals surface area contributed by atoms with Crippen molar-refractivity contribution in [3.8, 4) is 0 Å². The lowest BCUT2D eigenvalue weighted by Gasteiger charge is -2.13. The Bertz CT molecular complexity index is 819. The third-order valence-corrected chi connectivity index (χ3v) is 4.13. The van der Waals surface area contributed by atoms with E-state index >= 15 is 0 Å². The molecule has 0 saturated carbocycles. The second-order valence-corrected chi connectivity index (χ2v) is 6.19.